The van der Waals surface area contributed by atoms with Crippen molar-refractivity contribution in [2.75, 3.05) is 30.4 Å². The number of carboxylic acid groups (broad SMARTS) is 3. The van der Waals surface area contributed by atoms with E-state index in [1.54, 1.807) is 0 Å². The van der Waals surface area contributed by atoms with Crippen molar-refractivity contribution in [3.63, 3.8) is 0 Å². The molecule has 0 saturated carbocycles. The fourth-order valence-electron chi connectivity index (χ4n) is 5.43. The van der Waals surface area contributed by atoms with Crippen molar-refractivity contribution in [1.82, 2.24) is 46.1 Å². The molecule has 1 aliphatic rings. The second-order valence-corrected chi connectivity index (χ2v) is 14.3. The second kappa shape index (κ2) is 20.5. The van der Waals surface area contributed by atoms with Gasteiger partial charge in [-0.15, -0.1) is 11.8 Å². The van der Waals surface area contributed by atoms with Crippen LogP contribution in [0, 0.1) is 0 Å². The molecule has 0 radical (unpaired) electrons. The number of likely N-dealkylation sites (tertiary alicyclic amines) is 1. The Hall–Kier alpha value is -7.22. The van der Waals surface area contributed by atoms with Crippen LogP contribution in [0.5, 0.6) is 0 Å². The van der Waals surface area contributed by atoms with Gasteiger partial charge in [0.05, 0.1) is 30.1 Å². The molecule has 25 nitrogen and oxygen atoms in total. The molecular weight excluding hydrogens is 817 g/mol. The van der Waals surface area contributed by atoms with Crippen LogP contribution < -0.4 is 43.6 Å². The number of carbonyl (C=O) groups is 9. The summed E-state index contributed by atoms with van der Waals surface area (Å²) in [4.78, 5) is 139. The van der Waals surface area contributed by atoms with E-state index in [4.69, 9.17) is 11.5 Å². The van der Waals surface area contributed by atoms with Crippen molar-refractivity contribution < 1.29 is 58.5 Å². The first-order chi connectivity index (χ1) is 28.4. The molecule has 1 aromatic carbocycles. The molecule has 60 heavy (non-hydrogen) atoms. The number of rotatable bonds is 21. The van der Waals surface area contributed by atoms with Crippen LogP contribution in [-0.2, 0) is 44.9 Å². The zero-order chi connectivity index (χ0) is 44.3. The SMILES string of the molecule is CN1C(=O)CC(SC[C@H](NC(=O)[C@H](CC(=O)O)NC(=O)[C@H](CN)NC(=O)CC[C@H](NC(=O)c2ccc(NCc3cnc4nc(N)[nH]c(=O)c4n3)cc2)C(=O)O)C(=O)O)C1=O. The van der Waals surface area contributed by atoms with E-state index in [9.17, 15) is 63.3 Å². The molecule has 1 aliphatic heterocycles. The molecule has 1 saturated heterocycles. The van der Waals surface area contributed by atoms with Crippen molar-refractivity contribution >= 4 is 87.9 Å². The highest BCUT2D eigenvalue weighted by atomic mass is 32.2. The molecule has 3 aromatic rings. The van der Waals surface area contributed by atoms with E-state index in [-0.39, 0.29) is 41.4 Å². The number of thioether (sulfide) groups is 1. The Balaban J connectivity index is 1.28. The molecule has 2 aromatic heterocycles. The predicted molar refractivity (Wildman–Crippen MR) is 208 cm³/mol. The molecule has 0 spiro atoms. The number of benzene rings is 1. The van der Waals surface area contributed by atoms with Gasteiger partial charge in [-0.2, -0.15) is 4.98 Å². The average Bonchev–Trinajstić information content (AvgIpc) is 3.44. The lowest BCUT2D eigenvalue weighted by Crippen LogP contribution is -2.58. The summed E-state index contributed by atoms with van der Waals surface area (Å²) >= 11 is 0.793. The van der Waals surface area contributed by atoms with Gasteiger partial charge < -0.3 is 53.4 Å². The topological polar surface area (TPSA) is 401 Å². The number of carboxylic acids is 3. The van der Waals surface area contributed by atoms with Crippen LogP contribution in [0.1, 0.15) is 41.7 Å². The van der Waals surface area contributed by atoms with Gasteiger partial charge in [-0.25, -0.2) is 19.6 Å². The third-order valence-electron chi connectivity index (χ3n) is 8.69. The van der Waals surface area contributed by atoms with Gasteiger partial charge in [-0.3, -0.25) is 48.2 Å². The third kappa shape index (κ3) is 12.4. The zero-order valence-corrected chi connectivity index (χ0v) is 32.3. The van der Waals surface area contributed by atoms with Gasteiger partial charge >= 0.3 is 17.9 Å². The Bertz CT molecular complexity index is 2240. The Labute approximate surface area is 341 Å². The minimum absolute atomic E-state index is 0.00921. The maximum Gasteiger partial charge on any atom is 0.327 e. The Kier molecular flexibility index (Phi) is 15.5. The van der Waals surface area contributed by atoms with Crippen molar-refractivity contribution in [2.24, 2.45) is 5.73 Å². The number of nitrogens with two attached hydrogens (primary N) is 2. The zero-order valence-electron chi connectivity index (χ0n) is 31.5. The first-order valence-corrected chi connectivity index (χ1v) is 18.8. The molecule has 3 heterocycles. The molecule has 0 bridgehead atoms. The molecule has 320 valence electrons. The summed E-state index contributed by atoms with van der Waals surface area (Å²) in [6.07, 6.45) is -0.786. The molecule has 13 N–H and O–H groups in total. The maximum absolute atomic E-state index is 13.0. The highest BCUT2D eigenvalue weighted by molar-refractivity contribution is 8.00. The van der Waals surface area contributed by atoms with E-state index in [1.807, 2.05) is 0 Å². The summed E-state index contributed by atoms with van der Waals surface area (Å²) in [6, 6.07) is -0.794. The number of nitrogens with one attached hydrogen (secondary N) is 6. The highest BCUT2D eigenvalue weighted by Gasteiger charge is 2.38. The number of nitrogen functional groups attached to an aromatic ring is 1. The van der Waals surface area contributed by atoms with E-state index in [1.165, 1.54) is 37.5 Å². The predicted octanol–water partition coefficient (Wildman–Crippen LogP) is -3.67. The standard InChI is InChI=1S/C34H40N12O13S/c1-46-23(48)9-21(31(46)55)60-13-20(33(58)59)43-28(52)18(8-24(49)50)42-29(53)19(10-35)40-22(47)7-6-17(32(56)57)41-27(51)14-2-4-15(5-3-14)37-11-16-12-38-26-25(39-16)30(54)45-34(36)44-26/h2-5,12,17-21,37H,6-11,13,35H2,1H3,(H,40,47)(H,41,51)(H,42,53)(H,43,52)(H,49,50)(H,56,57)(H,58,59)(H3,36,38,44,45,54)/t17-,18-,19-,20-,21?/m0/s1. The molecule has 5 atom stereocenters. The van der Waals surface area contributed by atoms with Gasteiger partial charge in [0.1, 0.15) is 24.2 Å². The fraction of sp³-hybridized carbons (Fsp3) is 0.382. The van der Waals surface area contributed by atoms with E-state index in [0.29, 0.717) is 11.4 Å². The van der Waals surface area contributed by atoms with Gasteiger partial charge in [0.15, 0.2) is 11.2 Å². The van der Waals surface area contributed by atoms with Crippen LogP contribution in [0.25, 0.3) is 11.2 Å². The summed E-state index contributed by atoms with van der Waals surface area (Å²) in [5, 5.41) is 39.6. The van der Waals surface area contributed by atoms with Crippen LogP contribution in [0.2, 0.25) is 0 Å². The lowest BCUT2D eigenvalue weighted by atomic mass is 10.1. The highest BCUT2D eigenvalue weighted by Crippen LogP contribution is 2.24. The number of anilines is 2. The number of aromatic nitrogens is 4. The Morgan fingerprint density at radius 1 is 0.900 bits per heavy atom. The fourth-order valence-corrected chi connectivity index (χ4v) is 6.64. The molecular formula is C34H40N12O13S. The van der Waals surface area contributed by atoms with Gasteiger partial charge in [0.2, 0.25) is 35.5 Å². The average molecular weight is 857 g/mol. The quantitative estimate of drug-likeness (QED) is 0.0460. The summed E-state index contributed by atoms with van der Waals surface area (Å²) in [7, 11) is 1.27. The first kappa shape index (κ1) is 45.5. The number of fused-ring (bicyclic) bond motifs is 1. The van der Waals surface area contributed by atoms with E-state index >= 15 is 0 Å². The summed E-state index contributed by atoms with van der Waals surface area (Å²) in [5.74, 6) is -10.2. The number of imide groups is 1. The lowest BCUT2D eigenvalue weighted by Gasteiger charge is -2.23. The number of nitrogens with zero attached hydrogens (tertiary/aromatic N) is 4. The van der Waals surface area contributed by atoms with Crippen LogP contribution >= 0.6 is 11.8 Å². The molecule has 0 aliphatic carbocycles. The Morgan fingerprint density at radius 3 is 2.15 bits per heavy atom. The van der Waals surface area contributed by atoms with Crippen LogP contribution in [0.3, 0.4) is 0 Å². The van der Waals surface area contributed by atoms with Crippen molar-refractivity contribution in [3.05, 3.63) is 52.1 Å². The number of hydrogen-bond acceptors (Lipinski definition) is 17. The number of H-pyrrole nitrogens is 1. The Morgan fingerprint density at radius 2 is 1.55 bits per heavy atom. The normalized spacial score (nSPS) is 15.6. The molecule has 1 fully saturated rings. The number of amides is 6. The van der Waals surface area contributed by atoms with Crippen LogP contribution in [0.4, 0.5) is 11.6 Å². The number of aliphatic carboxylic acids is 3. The third-order valence-corrected chi connectivity index (χ3v) is 9.98. The minimum Gasteiger partial charge on any atom is -0.481 e. The van der Waals surface area contributed by atoms with Crippen molar-refractivity contribution in [2.45, 2.75) is 61.6 Å². The van der Waals surface area contributed by atoms with E-state index in [2.05, 4.69) is 46.5 Å². The summed E-state index contributed by atoms with van der Waals surface area (Å²) < 4.78 is 0. The van der Waals surface area contributed by atoms with E-state index in [0.717, 1.165) is 16.7 Å². The summed E-state index contributed by atoms with van der Waals surface area (Å²) in [6.45, 7) is -0.434. The van der Waals surface area contributed by atoms with Gasteiger partial charge in [0, 0.05) is 43.4 Å². The number of aromatic amines is 1. The molecule has 6 amide bonds. The molecule has 26 heteroatoms. The molecule has 1 unspecified atom stereocenters. The first-order valence-electron chi connectivity index (χ1n) is 17.7. The summed E-state index contributed by atoms with van der Waals surface area (Å²) in [5.41, 5.74) is 11.6. The number of carbonyl (C=O) groups excluding carboxylic acids is 6. The smallest absolute Gasteiger partial charge is 0.327 e. The van der Waals surface area contributed by atoms with Gasteiger partial charge in [-0.1, -0.05) is 0 Å². The number of hydrogen-bond donors (Lipinski definition) is 11. The van der Waals surface area contributed by atoms with Crippen molar-refractivity contribution in [3.8, 4) is 0 Å². The van der Waals surface area contributed by atoms with Gasteiger partial charge in [0.25, 0.3) is 11.5 Å². The van der Waals surface area contributed by atoms with Crippen LogP contribution in [-0.4, -0.2) is 142 Å². The lowest BCUT2D eigenvalue weighted by molar-refractivity contribution is -0.143. The largest absolute Gasteiger partial charge is 0.481 e. The monoisotopic (exact) mass is 856 g/mol. The van der Waals surface area contributed by atoms with E-state index < -0.39 is 114 Å². The van der Waals surface area contributed by atoms with Crippen molar-refractivity contribution in [1.29, 1.82) is 0 Å². The molecule has 4 rings (SSSR count). The van der Waals surface area contributed by atoms with Crippen LogP contribution in [0.15, 0.2) is 35.3 Å². The maximum atomic E-state index is 13.0. The minimum atomic E-state index is -1.85. The van der Waals surface area contributed by atoms with Gasteiger partial charge in [-0.05, 0) is 30.7 Å². The second-order valence-electron chi connectivity index (χ2n) is 13.0.